The van der Waals surface area contributed by atoms with Crippen molar-refractivity contribution in [2.45, 2.75) is 13.0 Å². The molecule has 0 saturated heterocycles. The molecule has 2 rings (SSSR count). The zero-order chi connectivity index (χ0) is 13.0. The van der Waals surface area contributed by atoms with Gasteiger partial charge in [0.05, 0.1) is 13.2 Å². The molecule has 1 atom stereocenters. The summed E-state index contributed by atoms with van der Waals surface area (Å²) in [5, 5.41) is 0. The van der Waals surface area contributed by atoms with E-state index in [4.69, 9.17) is 10.6 Å². The highest BCUT2D eigenvalue weighted by atomic mass is 16.5. The lowest BCUT2D eigenvalue weighted by Gasteiger charge is -2.17. The molecule has 0 aliphatic carbocycles. The van der Waals surface area contributed by atoms with Gasteiger partial charge in [-0.05, 0) is 35.7 Å². The van der Waals surface area contributed by atoms with E-state index in [1.807, 2.05) is 37.3 Å². The van der Waals surface area contributed by atoms with Gasteiger partial charge in [0, 0.05) is 12.4 Å². The Balaban J connectivity index is 2.39. The van der Waals surface area contributed by atoms with Crippen LogP contribution in [0.5, 0.6) is 5.75 Å². The van der Waals surface area contributed by atoms with Gasteiger partial charge in [-0.25, -0.2) is 5.43 Å². The molecule has 4 nitrogen and oxygen atoms in total. The van der Waals surface area contributed by atoms with Crippen LogP contribution in [0.15, 0.2) is 42.7 Å². The first-order chi connectivity index (χ1) is 8.76. The number of rotatable bonds is 4. The molecule has 1 heterocycles. The molecule has 0 bridgehead atoms. The molecule has 2 aromatic rings. The second-order valence-corrected chi connectivity index (χ2v) is 4.12. The normalized spacial score (nSPS) is 12.2. The van der Waals surface area contributed by atoms with E-state index in [2.05, 4.69) is 10.4 Å². The third-order valence-electron chi connectivity index (χ3n) is 2.95. The Hall–Kier alpha value is -1.91. The molecule has 0 amide bonds. The summed E-state index contributed by atoms with van der Waals surface area (Å²) in [6.45, 7) is 2.01. The van der Waals surface area contributed by atoms with Gasteiger partial charge in [-0.3, -0.25) is 10.8 Å². The highest BCUT2D eigenvalue weighted by Crippen LogP contribution is 2.26. The van der Waals surface area contributed by atoms with Gasteiger partial charge in [0.1, 0.15) is 5.75 Å². The number of benzene rings is 1. The zero-order valence-electron chi connectivity index (χ0n) is 10.6. The summed E-state index contributed by atoms with van der Waals surface area (Å²) in [7, 11) is 1.67. The maximum absolute atomic E-state index is 5.65. The van der Waals surface area contributed by atoms with E-state index in [0.29, 0.717) is 0 Å². The van der Waals surface area contributed by atoms with E-state index in [1.54, 1.807) is 19.5 Å². The topological polar surface area (TPSA) is 60.2 Å². The van der Waals surface area contributed by atoms with Crippen LogP contribution < -0.4 is 16.0 Å². The van der Waals surface area contributed by atoms with Crippen LogP contribution in [-0.4, -0.2) is 12.1 Å². The first-order valence-electron chi connectivity index (χ1n) is 5.77. The number of ether oxygens (including phenoxy) is 1. The number of nitrogens with one attached hydrogen (secondary N) is 1. The van der Waals surface area contributed by atoms with E-state index in [1.165, 1.54) is 0 Å². The number of hydrogen-bond acceptors (Lipinski definition) is 4. The molecule has 0 fully saturated rings. The van der Waals surface area contributed by atoms with Gasteiger partial charge in [-0.1, -0.05) is 18.2 Å². The van der Waals surface area contributed by atoms with Gasteiger partial charge >= 0.3 is 0 Å². The van der Waals surface area contributed by atoms with Crippen molar-refractivity contribution >= 4 is 0 Å². The van der Waals surface area contributed by atoms with Gasteiger partial charge in [0.15, 0.2) is 0 Å². The number of aryl methyl sites for hydroxylation is 1. The molecule has 1 aromatic heterocycles. The first kappa shape index (κ1) is 12.5. The van der Waals surface area contributed by atoms with Crippen molar-refractivity contribution in [2.75, 3.05) is 7.11 Å². The fourth-order valence-corrected chi connectivity index (χ4v) is 1.95. The second kappa shape index (κ2) is 5.62. The van der Waals surface area contributed by atoms with Crippen LogP contribution in [0.4, 0.5) is 0 Å². The van der Waals surface area contributed by atoms with Gasteiger partial charge < -0.3 is 4.74 Å². The summed E-state index contributed by atoms with van der Waals surface area (Å²) in [5.41, 5.74) is 5.98. The smallest absolute Gasteiger partial charge is 0.122 e. The van der Waals surface area contributed by atoms with Crippen LogP contribution in [0.3, 0.4) is 0 Å². The summed E-state index contributed by atoms with van der Waals surface area (Å²) in [6.07, 6.45) is 3.55. The summed E-state index contributed by atoms with van der Waals surface area (Å²) in [4.78, 5) is 4.11. The maximum atomic E-state index is 5.65. The van der Waals surface area contributed by atoms with Crippen molar-refractivity contribution in [1.29, 1.82) is 0 Å². The van der Waals surface area contributed by atoms with Crippen LogP contribution in [0.1, 0.15) is 22.7 Å². The molecule has 1 unspecified atom stereocenters. The minimum atomic E-state index is -0.0896. The number of hydrazine groups is 1. The van der Waals surface area contributed by atoms with Gasteiger partial charge in [-0.2, -0.15) is 0 Å². The SMILES string of the molecule is COc1cc(C(NN)c2cccnc2)ccc1C. The Bertz CT molecular complexity index is 514. The zero-order valence-corrected chi connectivity index (χ0v) is 10.6. The molecular formula is C14H17N3O. The van der Waals surface area contributed by atoms with Crippen molar-refractivity contribution < 1.29 is 4.74 Å². The van der Waals surface area contributed by atoms with Crippen molar-refractivity contribution in [3.63, 3.8) is 0 Å². The Morgan fingerprint density at radius 1 is 1.28 bits per heavy atom. The van der Waals surface area contributed by atoms with Crippen molar-refractivity contribution in [1.82, 2.24) is 10.4 Å². The first-order valence-corrected chi connectivity index (χ1v) is 5.77. The molecule has 0 radical (unpaired) electrons. The van der Waals surface area contributed by atoms with Crippen molar-refractivity contribution in [2.24, 2.45) is 5.84 Å². The van der Waals surface area contributed by atoms with Crippen molar-refractivity contribution in [3.8, 4) is 5.75 Å². The Labute approximate surface area is 107 Å². The third kappa shape index (κ3) is 2.50. The number of nitrogens with two attached hydrogens (primary N) is 1. The lowest BCUT2D eigenvalue weighted by molar-refractivity contribution is 0.410. The number of pyridine rings is 1. The van der Waals surface area contributed by atoms with Crippen LogP contribution >= 0.6 is 0 Å². The highest BCUT2D eigenvalue weighted by molar-refractivity contribution is 5.40. The molecule has 0 saturated carbocycles. The van der Waals surface area contributed by atoms with Gasteiger partial charge in [0.25, 0.3) is 0 Å². The predicted molar refractivity (Wildman–Crippen MR) is 71.1 cm³/mol. The van der Waals surface area contributed by atoms with E-state index in [-0.39, 0.29) is 6.04 Å². The van der Waals surface area contributed by atoms with Crippen molar-refractivity contribution in [3.05, 3.63) is 59.4 Å². The van der Waals surface area contributed by atoms with Gasteiger partial charge in [-0.15, -0.1) is 0 Å². The molecule has 18 heavy (non-hydrogen) atoms. The van der Waals surface area contributed by atoms with E-state index in [9.17, 15) is 0 Å². The molecular weight excluding hydrogens is 226 g/mol. The van der Waals surface area contributed by atoms with Gasteiger partial charge in [0.2, 0.25) is 0 Å². The van der Waals surface area contributed by atoms with Crippen LogP contribution in [-0.2, 0) is 0 Å². The third-order valence-corrected chi connectivity index (χ3v) is 2.95. The maximum Gasteiger partial charge on any atom is 0.122 e. The Morgan fingerprint density at radius 3 is 2.72 bits per heavy atom. The quantitative estimate of drug-likeness (QED) is 0.636. The molecule has 94 valence electrons. The standard InChI is InChI=1S/C14H17N3O/c1-10-5-6-11(8-13(10)18-2)14(17-15)12-4-3-7-16-9-12/h3-9,14,17H,15H2,1-2H3. The van der Waals surface area contributed by atoms with Crippen LogP contribution in [0.2, 0.25) is 0 Å². The van der Waals surface area contributed by atoms with E-state index >= 15 is 0 Å². The second-order valence-electron chi connectivity index (χ2n) is 4.12. The molecule has 0 aliphatic heterocycles. The molecule has 3 N–H and O–H groups in total. The lowest BCUT2D eigenvalue weighted by atomic mass is 9.99. The molecule has 4 heteroatoms. The average molecular weight is 243 g/mol. The summed E-state index contributed by atoms with van der Waals surface area (Å²) in [6, 6.07) is 9.85. The highest BCUT2D eigenvalue weighted by Gasteiger charge is 2.13. The number of methoxy groups -OCH3 is 1. The molecule has 0 aliphatic rings. The number of hydrogen-bond donors (Lipinski definition) is 2. The monoisotopic (exact) mass is 243 g/mol. The van der Waals surface area contributed by atoms with E-state index in [0.717, 1.165) is 22.4 Å². The minimum Gasteiger partial charge on any atom is -0.496 e. The minimum absolute atomic E-state index is 0.0896. The molecule has 1 aromatic carbocycles. The fraction of sp³-hybridized carbons (Fsp3) is 0.214. The Morgan fingerprint density at radius 2 is 2.11 bits per heavy atom. The fourth-order valence-electron chi connectivity index (χ4n) is 1.95. The summed E-state index contributed by atoms with van der Waals surface area (Å²) in [5.74, 6) is 6.51. The number of nitrogens with zero attached hydrogens (tertiary/aromatic N) is 1. The summed E-state index contributed by atoms with van der Waals surface area (Å²) < 4.78 is 5.33. The number of aromatic nitrogens is 1. The largest absolute Gasteiger partial charge is 0.496 e. The van der Waals surface area contributed by atoms with Crippen LogP contribution in [0.25, 0.3) is 0 Å². The van der Waals surface area contributed by atoms with Crippen LogP contribution in [0, 0.1) is 6.92 Å². The van der Waals surface area contributed by atoms with E-state index < -0.39 is 0 Å². The average Bonchev–Trinajstić information content (AvgIpc) is 2.42. The molecule has 0 spiro atoms. The summed E-state index contributed by atoms with van der Waals surface area (Å²) >= 11 is 0. The lowest BCUT2D eigenvalue weighted by Crippen LogP contribution is -2.28. The predicted octanol–water partition coefficient (Wildman–Crippen LogP) is 1.95. The Kier molecular flexibility index (Phi) is 3.92.